The summed E-state index contributed by atoms with van der Waals surface area (Å²) in [5.41, 5.74) is 2.54. The molecule has 0 radical (unpaired) electrons. The fourth-order valence-electron chi connectivity index (χ4n) is 2.58. The Bertz CT molecular complexity index is 444. The highest BCUT2D eigenvalue weighted by atomic mass is 35.5. The first-order valence-corrected chi connectivity index (χ1v) is 8.40. The van der Waals surface area contributed by atoms with Gasteiger partial charge in [-0.1, -0.05) is 17.7 Å². The van der Waals surface area contributed by atoms with Gasteiger partial charge in [-0.15, -0.1) is 0 Å². The van der Waals surface area contributed by atoms with Crippen molar-refractivity contribution < 1.29 is 0 Å². The topological polar surface area (TPSA) is 18.5 Å². The molecule has 0 amide bonds. The fourth-order valence-corrected chi connectivity index (χ4v) is 2.82. The zero-order valence-electron chi connectivity index (χ0n) is 13.5. The standard InChI is InChI=1S/C17H28ClN3/c1-4-21(12-6-11-20(2)3)17-8-5-7-16(18)15(17)13-19-14-9-10-14/h5,7-8,14,19H,4,6,9-13H2,1-3H3. The van der Waals surface area contributed by atoms with Gasteiger partial charge in [-0.25, -0.2) is 0 Å². The monoisotopic (exact) mass is 309 g/mol. The van der Waals surface area contributed by atoms with E-state index in [1.807, 2.05) is 6.07 Å². The van der Waals surface area contributed by atoms with Gasteiger partial charge in [0.1, 0.15) is 0 Å². The molecule has 21 heavy (non-hydrogen) atoms. The van der Waals surface area contributed by atoms with E-state index in [1.165, 1.54) is 30.5 Å². The Morgan fingerprint density at radius 2 is 2.00 bits per heavy atom. The molecule has 0 saturated heterocycles. The highest BCUT2D eigenvalue weighted by molar-refractivity contribution is 6.31. The minimum atomic E-state index is 0.706. The van der Waals surface area contributed by atoms with Crippen LogP contribution in [-0.4, -0.2) is 44.7 Å². The lowest BCUT2D eigenvalue weighted by molar-refractivity contribution is 0.400. The predicted molar refractivity (Wildman–Crippen MR) is 92.4 cm³/mol. The van der Waals surface area contributed by atoms with Gasteiger partial charge in [-0.2, -0.15) is 0 Å². The van der Waals surface area contributed by atoms with Gasteiger partial charge in [0, 0.05) is 41.9 Å². The SMILES string of the molecule is CCN(CCCN(C)C)c1cccc(Cl)c1CNC1CC1. The molecular formula is C17H28ClN3. The van der Waals surface area contributed by atoms with Gasteiger partial charge >= 0.3 is 0 Å². The summed E-state index contributed by atoms with van der Waals surface area (Å²) >= 11 is 6.44. The van der Waals surface area contributed by atoms with Crippen molar-refractivity contribution in [1.29, 1.82) is 0 Å². The van der Waals surface area contributed by atoms with Crippen molar-refractivity contribution in [3.8, 4) is 0 Å². The zero-order chi connectivity index (χ0) is 15.2. The van der Waals surface area contributed by atoms with E-state index in [-0.39, 0.29) is 0 Å². The number of hydrogen-bond acceptors (Lipinski definition) is 3. The molecule has 118 valence electrons. The first kappa shape index (κ1) is 16.6. The van der Waals surface area contributed by atoms with Crippen molar-refractivity contribution in [1.82, 2.24) is 10.2 Å². The van der Waals surface area contributed by atoms with E-state index in [4.69, 9.17) is 11.6 Å². The van der Waals surface area contributed by atoms with Crippen molar-refractivity contribution in [2.45, 2.75) is 38.8 Å². The van der Waals surface area contributed by atoms with E-state index in [9.17, 15) is 0 Å². The molecule has 0 aliphatic heterocycles. The summed E-state index contributed by atoms with van der Waals surface area (Å²) in [5, 5.41) is 4.47. The second kappa shape index (κ2) is 8.02. The van der Waals surface area contributed by atoms with Crippen LogP contribution in [0.4, 0.5) is 5.69 Å². The lowest BCUT2D eigenvalue weighted by Gasteiger charge is -2.27. The minimum absolute atomic E-state index is 0.706. The average molecular weight is 310 g/mol. The van der Waals surface area contributed by atoms with Crippen molar-refractivity contribution in [3.05, 3.63) is 28.8 Å². The molecule has 0 spiro atoms. The van der Waals surface area contributed by atoms with E-state index in [2.05, 4.69) is 48.3 Å². The largest absolute Gasteiger partial charge is 0.371 e. The number of halogens is 1. The van der Waals surface area contributed by atoms with Gasteiger partial charge in [0.15, 0.2) is 0 Å². The van der Waals surface area contributed by atoms with Crippen LogP contribution >= 0.6 is 11.6 Å². The third kappa shape index (κ3) is 5.17. The number of benzene rings is 1. The summed E-state index contributed by atoms with van der Waals surface area (Å²) in [6.45, 7) is 6.31. The maximum Gasteiger partial charge on any atom is 0.0471 e. The van der Waals surface area contributed by atoms with Gasteiger partial charge in [-0.3, -0.25) is 0 Å². The van der Waals surface area contributed by atoms with Gasteiger partial charge in [0.25, 0.3) is 0 Å². The van der Waals surface area contributed by atoms with Crippen LogP contribution in [0.3, 0.4) is 0 Å². The van der Waals surface area contributed by atoms with E-state index < -0.39 is 0 Å². The zero-order valence-corrected chi connectivity index (χ0v) is 14.3. The highest BCUT2D eigenvalue weighted by Gasteiger charge is 2.21. The molecule has 1 saturated carbocycles. The molecule has 3 nitrogen and oxygen atoms in total. The van der Waals surface area contributed by atoms with Crippen LogP contribution in [-0.2, 0) is 6.54 Å². The number of nitrogens with one attached hydrogen (secondary N) is 1. The van der Waals surface area contributed by atoms with Crippen LogP contribution in [0.15, 0.2) is 18.2 Å². The van der Waals surface area contributed by atoms with Gasteiger partial charge < -0.3 is 15.1 Å². The second-order valence-electron chi connectivity index (χ2n) is 6.13. The molecule has 1 N–H and O–H groups in total. The molecule has 1 aliphatic carbocycles. The smallest absolute Gasteiger partial charge is 0.0471 e. The quantitative estimate of drug-likeness (QED) is 0.754. The summed E-state index contributed by atoms with van der Waals surface area (Å²) in [5.74, 6) is 0. The first-order valence-electron chi connectivity index (χ1n) is 8.02. The van der Waals surface area contributed by atoms with Crippen molar-refractivity contribution in [2.24, 2.45) is 0 Å². The van der Waals surface area contributed by atoms with Gasteiger partial charge in [0.05, 0.1) is 0 Å². The number of hydrogen-bond donors (Lipinski definition) is 1. The van der Waals surface area contributed by atoms with Crippen LogP contribution in [0.2, 0.25) is 5.02 Å². The average Bonchev–Trinajstić information content (AvgIpc) is 3.26. The third-order valence-corrected chi connectivity index (χ3v) is 4.35. The molecule has 1 aromatic rings. The predicted octanol–water partition coefficient (Wildman–Crippen LogP) is 3.37. The van der Waals surface area contributed by atoms with Crippen LogP contribution in [0.25, 0.3) is 0 Å². The Morgan fingerprint density at radius 3 is 2.62 bits per heavy atom. The molecular weight excluding hydrogens is 282 g/mol. The van der Waals surface area contributed by atoms with Gasteiger partial charge in [-0.05, 0) is 59.0 Å². The second-order valence-corrected chi connectivity index (χ2v) is 6.54. The molecule has 2 rings (SSSR count). The molecule has 0 unspecified atom stereocenters. The number of nitrogens with zero attached hydrogens (tertiary/aromatic N) is 2. The van der Waals surface area contributed by atoms with Crippen molar-refractivity contribution >= 4 is 17.3 Å². The van der Waals surface area contributed by atoms with E-state index >= 15 is 0 Å². The van der Waals surface area contributed by atoms with Crippen molar-refractivity contribution in [3.63, 3.8) is 0 Å². The Labute approximate surface area is 134 Å². The normalized spacial score (nSPS) is 14.7. The summed E-state index contributed by atoms with van der Waals surface area (Å²) in [7, 11) is 4.25. The molecule has 0 aromatic heterocycles. The maximum atomic E-state index is 6.44. The molecule has 0 heterocycles. The molecule has 0 atom stereocenters. The van der Waals surface area contributed by atoms with Crippen LogP contribution in [0.5, 0.6) is 0 Å². The number of rotatable bonds is 9. The third-order valence-electron chi connectivity index (χ3n) is 3.99. The fraction of sp³-hybridized carbons (Fsp3) is 0.647. The van der Waals surface area contributed by atoms with E-state index in [1.54, 1.807) is 0 Å². The summed E-state index contributed by atoms with van der Waals surface area (Å²) in [4.78, 5) is 4.68. The molecule has 1 fully saturated rings. The summed E-state index contributed by atoms with van der Waals surface area (Å²) < 4.78 is 0. The lowest BCUT2D eigenvalue weighted by atomic mass is 10.1. The highest BCUT2D eigenvalue weighted by Crippen LogP contribution is 2.29. The molecule has 4 heteroatoms. The first-order chi connectivity index (χ1) is 10.1. The minimum Gasteiger partial charge on any atom is -0.371 e. The van der Waals surface area contributed by atoms with Crippen molar-refractivity contribution in [2.75, 3.05) is 38.6 Å². The van der Waals surface area contributed by atoms with E-state index in [0.717, 1.165) is 31.2 Å². The van der Waals surface area contributed by atoms with E-state index in [0.29, 0.717) is 6.04 Å². The number of anilines is 1. The van der Waals surface area contributed by atoms with Crippen LogP contribution in [0.1, 0.15) is 31.7 Å². The molecule has 0 bridgehead atoms. The Morgan fingerprint density at radius 1 is 1.24 bits per heavy atom. The molecule has 1 aliphatic rings. The lowest BCUT2D eigenvalue weighted by Crippen LogP contribution is -2.29. The van der Waals surface area contributed by atoms with Crippen LogP contribution < -0.4 is 10.2 Å². The Balaban J connectivity index is 2.05. The van der Waals surface area contributed by atoms with Crippen LogP contribution in [0, 0.1) is 0 Å². The maximum absolute atomic E-state index is 6.44. The van der Waals surface area contributed by atoms with Gasteiger partial charge in [0.2, 0.25) is 0 Å². The Kier molecular flexibility index (Phi) is 6.34. The summed E-state index contributed by atoms with van der Waals surface area (Å²) in [6, 6.07) is 6.97. The molecule has 1 aromatic carbocycles. The summed E-state index contributed by atoms with van der Waals surface area (Å²) in [6.07, 6.45) is 3.78. The Hall–Kier alpha value is -0.770.